The van der Waals surface area contributed by atoms with E-state index in [1.165, 1.54) is 39.0 Å². The quantitative estimate of drug-likeness (QED) is 0.151. The van der Waals surface area contributed by atoms with E-state index in [4.69, 9.17) is 0 Å². The molecule has 0 saturated carbocycles. The Balaban J connectivity index is 0.000000586. The standard InChI is InChI=1S/C34H42.C9H10.C8H9N.C2H6/c1-6-11-19-29(9-4)32-23-25-33(26-24-32)34(17-8-3)27-28(16-7-2)18-15-22-30(10-5)31-20-13-12-14-21-31;1-8(2)9-6-4-3-5-7-9;1-3-7(2)8-4-5-9-6-8;1-2/h6,9-11,13,15-16,19-27H,4,7-8,12,14,17-18H2,1-3,5H3;3-7H,1H2,2H3;3-6,9H,1-2H2;1-2H3/b11-6-,22-15-,28-16+,29-19+,30-10+,34-27+;;;. The van der Waals surface area contributed by atoms with Crippen molar-refractivity contribution in [1.82, 2.24) is 4.98 Å². The minimum absolute atomic E-state index is 0.945. The molecule has 3 aromatic rings. The van der Waals surface area contributed by atoms with Crippen molar-refractivity contribution in [1.29, 1.82) is 0 Å². The summed E-state index contributed by atoms with van der Waals surface area (Å²) in [6, 6.07) is 21.0. The van der Waals surface area contributed by atoms with Gasteiger partial charge in [0, 0.05) is 12.4 Å². The predicted molar refractivity (Wildman–Crippen MR) is 247 cm³/mol. The Hall–Kier alpha value is -5.40. The van der Waals surface area contributed by atoms with Crippen molar-refractivity contribution in [2.24, 2.45) is 0 Å². The molecule has 0 atom stereocenters. The van der Waals surface area contributed by atoms with Crippen molar-refractivity contribution in [3.63, 3.8) is 0 Å². The highest BCUT2D eigenvalue weighted by Gasteiger charge is 2.05. The fourth-order valence-electron chi connectivity index (χ4n) is 5.49. The van der Waals surface area contributed by atoms with Crippen molar-refractivity contribution in [3.8, 4) is 0 Å². The molecule has 1 nitrogen and oxygen atoms in total. The van der Waals surface area contributed by atoms with Crippen molar-refractivity contribution < 1.29 is 0 Å². The molecule has 0 bridgehead atoms. The molecule has 0 amide bonds. The molecule has 1 heteroatoms. The molecule has 284 valence electrons. The first-order chi connectivity index (χ1) is 26.3. The molecule has 1 aromatic heterocycles. The summed E-state index contributed by atoms with van der Waals surface area (Å²) in [5.41, 5.74) is 13.5. The largest absolute Gasteiger partial charge is 0.367 e. The van der Waals surface area contributed by atoms with E-state index >= 15 is 0 Å². The number of aromatic nitrogens is 1. The number of aromatic amines is 1. The number of nitrogens with one attached hydrogen (secondary N) is 1. The van der Waals surface area contributed by atoms with E-state index in [-0.39, 0.29) is 0 Å². The zero-order valence-electron chi connectivity index (χ0n) is 34.5. The highest BCUT2D eigenvalue weighted by Crippen LogP contribution is 2.26. The van der Waals surface area contributed by atoms with Crippen LogP contribution in [0.1, 0.15) is 109 Å². The van der Waals surface area contributed by atoms with Gasteiger partial charge in [0.25, 0.3) is 0 Å². The average molecular weight is 718 g/mol. The Morgan fingerprint density at radius 3 is 2.02 bits per heavy atom. The summed E-state index contributed by atoms with van der Waals surface area (Å²) in [5, 5.41) is 0. The third kappa shape index (κ3) is 17.9. The van der Waals surface area contributed by atoms with Crippen molar-refractivity contribution in [2.75, 3.05) is 0 Å². The maximum atomic E-state index is 3.98. The molecule has 1 aliphatic carbocycles. The smallest absolute Gasteiger partial charge is 0.00839 e. The minimum atomic E-state index is 0.945. The van der Waals surface area contributed by atoms with Crippen LogP contribution >= 0.6 is 0 Å². The molecular weight excluding hydrogens is 651 g/mol. The number of H-pyrrole nitrogens is 1. The third-order valence-electron chi connectivity index (χ3n) is 8.39. The number of rotatable bonds is 15. The SMILES string of the molecule is C=C(C)c1ccccc1.C=C/C(=C\C=C/C)c1ccc(/C(=C/C(=C/CC)C/C=C\C(=C/C)C2=CCCC=C2)CCC)cc1.C=CC(=C)c1cc[nH]c1.CC. The number of allylic oxidation sites excluding steroid dienone is 20. The molecule has 0 unspecified atom stereocenters. The highest BCUT2D eigenvalue weighted by molar-refractivity contribution is 5.77. The van der Waals surface area contributed by atoms with Crippen LogP contribution in [-0.4, -0.2) is 4.98 Å². The van der Waals surface area contributed by atoms with Crippen molar-refractivity contribution >= 4 is 22.3 Å². The Kier molecular flexibility index (Phi) is 25.1. The van der Waals surface area contributed by atoms with Gasteiger partial charge in [-0.1, -0.05) is 200 Å². The second kappa shape index (κ2) is 29.1. The summed E-state index contributed by atoms with van der Waals surface area (Å²) in [7, 11) is 0. The Bertz CT molecular complexity index is 1790. The van der Waals surface area contributed by atoms with E-state index in [1.807, 2.05) is 76.5 Å². The fraction of sp³-hybridized carbons (Fsp3) is 0.245. The minimum Gasteiger partial charge on any atom is -0.367 e. The van der Waals surface area contributed by atoms with E-state index in [9.17, 15) is 0 Å². The van der Waals surface area contributed by atoms with Crippen LogP contribution in [0.2, 0.25) is 0 Å². The summed E-state index contributed by atoms with van der Waals surface area (Å²) in [4.78, 5) is 2.94. The van der Waals surface area contributed by atoms with Crippen LogP contribution in [-0.2, 0) is 0 Å². The molecule has 1 heterocycles. The molecular formula is C53H67N. The summed E-state index contributed by atoms with van der Waals surface area (Å²) >= 11 is 0. The van der Waals surface area contributed by atoms with Gasteiger partial charge in [-0.05, 0) is 115 Å². The summed E-state index contributed by atoms with van der Waals surface area (Å²) in [6.07, 6.45) is 38.5. The van der Waals surface area contributed by atoms with Gasteiger partial charge in [-0.2, -0.15) is 0 Å². The molecule has 0 spiro atoms. The van der Waals surface area contributed by atoms with E-state index in [0.717, 1.165) is 60.8 Å². The third-order valence-corrected chi connectivity index (χ3v) is 8.39. The molecule has 0 radical (unpaired) electrons. The molecule has 2 aromatic carbocycles. The van der Waals surface area contributed by atoms with Crippen LogP contribution in [0.4, 0.5) is 0 Å². The van der Waals surface area contributed by atoms with Crippen molar-refractivity contribution in [3.05, 3.63) is 217 Å². The van der Waals surface area contributed by atoms with Gasteiger partial charge in [-0.3, -0.25) is 0 Å². The van der Waals surface area contributed by atoms with Gasteiger partial charge in [-0.25, -0.2) is 0 Å². The number of benzene rings is 2. The first-order valence-corrected chi connectivity index (χ1v) is 19.6. The van der Waals surface area contributed by atoms with E-state index in [1.54, 1.807) is 6.08 Å². The Morgan fingerprint density at radius 2 is 1.52 bits per heavy atom. The lowest BCUT2D eigenvalue weighted by molar-refractivity contribution is 0.971. The fourth-order valence-corrected chi connectivity index (χ4v) is 5.49. The van der Waals surface area contributed by atoms with Crippen LogP contribution in [0.5, 0.6) is 0 Å². The lowest BCUT2D eigenvalue weighted by Crippen LogP contribution is -1.90. The maximum absolute atomic E-state index is 3.98. The van der Waals surface area contributed by atoms with Crippen LogP contribution in [0, 0.1) is 0 Å². The summed E-state index contributed by atoms with van der Waals surface area (Å²) < 4.78 is 0. The van der Waals surface area contributed by atoms with Gasteiger partial charge in [-0.15, -0.1) is 0 Å². The van der Waals surface area contributed by atoms with Crippen LogP contribution < -0.4 is 0 Å². The second-order valence-electron chi connectivity index (χ2n) is 12.5. The lowest BCUT2D eigenvalue weighted by atomic mass is 9.94. The van der Waals surface area contributed by atoms with Gasteiger partial charge in [0.1, 0.15) is 0 Å². The van der Waals surface area contributed by atoms with Gasteiger partial charge in [0.2, 0.25) is 0 Å². The first-order valence-electron chi connectivity index (χ1n) is 19.6. The molecule has 4 rings (SSSR count). The topological polar surface area (TPSA) is 15.8 Å². The zero-order valence-corrected chi connectivity index (χ0v) is 34.5. The molecule has 0 saturated heterocycles. The molecule has 0 fully saturated rings. The van der Waals surface area contributed by atoms with Gasteiger partial charge >= 0.3 is 0 Å². The van der Waals surface area contributed by atoms with Gasteiger partial charge < -0.3 is 4.98 Å². The summed E-state index contributed by atoms with van der Waals surface area (Å²) in [5.74, 6) is 0. The molecule has 54 heavy (non-hydrogen) atoms. The molecule has 1 N–H and O–H groups in total. The lowest BCUT2D eigenvalue weighted by Gasteiger charge is -2.11. The predicted octanol–water partition coefficient (Wildman–Crippen LogP) is 16.5. The molecule has 1 aliphatic rings. The van der Waals surface area contributed by atoms with E-state index in [0.29, 0.717) is 0 Å². The second-order valence-corrected chi connectivity index (χ2v) is 12.5. The summed E-state index contributed by atoms with van der Waals surface area (Å²) in [6.45, 7) is 29.8. The number of hydrogen-bond donors (Lipinski definition) is 1. The van der Waals surface area contributed by atoms with Crippen molar-refractivity contribution in [2.45, 2.75) is 87.0 Å². The first kappa shape index (κ1) is 46.6. The zero-order chi connectivity index (χ0) is 40.0. The number of hydrogen-bond acceptors (Lipinski definition) is 0. The van der Waals surface area contributed by atoms with Crippen LogP contribution in [0.15, 0.2) is 195 Å². The normalized spacial score (nSPS) is 13.1. The monoisotopic (exact) mass is 718 g/mol. The Morgan fingerprint density at radius 1 is 0.815 bits per heavy atom. The van der Waals surface area contributed by atoms with Crippen LogP contribution in [0.3, 0.4) is 0 Å². The maximum Gasteiger partial charge on any atom is 0.00839 e. The average Bonchev–Trinajstić information content (AvgIpc) is 3.77. The Labute approximate surface area is 330 Å². The van der Waals surface area contributed by atoms with E-state index < -0.39 is 0 Å². The highest BCUT2D eigenvalue weighted by atomic mass is 14.6. The van der Waals surface area contributed by atoms with Crippen LogP contribution in [0.25, 0.3) is 22.3 Å². The van der Waals surface area contributed by atoms with Gasteiger partial charge in [0.05, 0.1) is 0 Å². The van der Waals surface area contributed by atoms with Gasteiger partial charge in [0.15, 0.2) is 0 Å². The van der Waals surface area contributed by atoms with E-state index in [2.05, 4.69) is 149 Å². The molecule has 0 aliphatic heterocycles.